The van der Waals surface area contributed by atoms with Gasteiger partial charge in [0, 0.05) is 6.50 Å². The van der Waals surface area contributed by atoms with E-state index < -0.39 is 19.1 Å². The van der Waals surface area contributed by atoms with Crippen molar-refractivity contribution in [1.82, 2.24) is 5.32 Å². The van der Waals surface area contributed by atoms with E-state index in [-0.39, 0.29) is 18.5 Å². The maximum absolute atomic E-state index is 7.56. The van der Waals surface area contributed by atoms with Crippen molar-refractivity contribution in [2.24, 2.45) is 4.99 Å². The maximum atomic E-state index is 7.56. The van der Waals surface area contributed by atoms with Gasteiger partial charge in [0.05, 0.1) is 13.4 Å². The van der Waals surface area contributed by atoms with Crippen LogP contribution in [0.25, 0.3) is 0 Å². The first-order valence-electron chi connectivity index (χ1n) is 7.06. The number of nitrogens with one attached hydrogen (secondary N) is 1. The predicted molar refractivity (Wildman–Crippen MR) is 56.7 cm³/mol. The van der Waals surface area contributed by atoms with Gasteiger partial charge in [-0.05, 0) is 12.1 Å². The zero-order valence-electron chi connectivity index (χ0n) is 12.8. The average molecular weight is 209 g/mol. The Morgan fingerprint density at radius 2 is 2.53 bits per heavy atom. The predicted octanol–water partition coefficient (Wildman–Crippen LogP) is 0.828. The van der Waals surface area contributed by atoms with Gasteiger partial charge in [0.1, 0.15) is 12.4 Å². The molecular formula is C11H12N2O2. The van der Waals surface area contributed by atoms with Crippen LogP contribution >= 0.6 is 0 Å². The van der Waals surface area contributed by atoms with Crippen molar-refractivity contribution in [3.8, 4) is 11.5 Å². The molecule has 0 saturated carbocycles. The number of hydrogen-bond acceptors (Lipinski definition) is 4. The van der Waals surface area contributed by atoms with E-state index >= 15 is 0 Å². The average Bonchev–Trinajstić information content (AvgIpc) is 2.57. The number of amidine groups is 1. The molecule has 2 aliphatic heterocycles. The van der Waals surface area contributed by atoms with E-state index in [1.54, 1.807) is 12.1 Å². The molecule has 15 heavy (non-hydrogen) atoms. The van der Waals surface area contributed by atoms with Crippen molar-refractivity contribution in [1.29, 1.82) is 0 Å². The van der Waals surface area contributed by atoms with Gasteiger partial charge in [-0.15, -0.1) is 0 Å². The summed E-state index contributed by atoms with van der Waals surface area (Å²) in [5.74, 6) is 0.939. The van der Waals surface area contributed by atoms with Crippen molar-refractivity contribution in [3.05, 3.63) is 24.2 Å². The quantitative estimate of drug-likeness (QED) is 0.745. The van der Waals surface area contributed by atoms with Gasteiger partial charge in [0.25, 0.3) is 0 Å². The molecule has 2 aliphatic rings. The van der Waals surface area contributed by atoms with Gasteiger partial charge < -0.3 is 14.8 Å². The fraction of sp³-hybridized carbons (Fsp3) is 0.364. The van der Waals surface area contributed by atoms with E-state index in [4.69, 9.17) is 16.3 Å². The van der Waals surface area contributed by atoms with Crippen molar-refractivity contribution >= 4 is 5.84 Å². The summed E-state index contributed by atoms with van der Waals surface area (Å²) in [5.41, 5.74) is 0. The Bertz CT molecular complexity index is 590. The Morgan fingerprint density at radius 1 is 1.53 bits per heavy atom. The van der Waals surface area contributed by atoms with Crippen molar-refractivity contribution in [2.45, 2.75) is 6.10 Å². The third-order valence-electron chi connectivity index (χ3n) is 2.18. The van der Waals surface area contributed by atoms with Crippen LogP contribution in [0.3, 0.4) is 0 Å². The number of para-hydroxylation sites is 2. The first-order chi connectivity index (χ1) is 9.28. The van der Waals surface area contributed by atoms with E-state index in [9.17, 15) is 0 Å². The molecule has 1 N–H and O–H groups in total. The number of benzene rings is 1. The van der Waals surface area contributed by atoms with E-state index in [0.717, 1.165) is 0 Å². The van der Waals surface area contributed by atoms with E-state index in [1.165, 1.54) is 6.07 Å². The number of hydrogen-bond donors (Lipinski definition) is 1. The molecule has 0 saturated heterocycles. The molecule has 4 heteroatoms. The number of nitrogens with zero attached hydrogens (tertiary/aromatic N) is 1. The van der Waals surface area contributed by atoms with Crippen LogP contribution in [0, 0.1) is 0 Å². The molecule has 1 aromatic rings. The molecular weight excluding hydrogens is 192 g/mol. The highest BCUT2D eigenvalue weighted by Gasteiger charge is 2.26. The Hall–Kier alpha value is -1.71. The molecule has 0 radical (unpaired) electrons. The van der Waals surface area contributed by atoms with Gasteiger partial charge >= 0.3 is 0 Å². The van der Waals surface area contributed by atoms with Gasteiger partial charge in [-0.1, -0.05) is 12.1 Å². The molecule has 4 nitrogen and oxygen atoms in total. The summed E-state index contributed by atoms with van der Waals surface area (Å²) in [5, 5.41) is 2.39. The zero-order chi connectivity index (χ0) is 14.5. The molecule has 78 valence electrons. The highest BCUT2D eigenvalue weighted by atomic mass is 16.6. The minimum absolute atomic E-state index is 0.0704. The minimum atomic E-state index is -2.36. The van der Waals surface area contributed by atoms with Crippen LogP contribution in [0.2, 0.25) is 0 Å². The molecule has 0 aliphatic carbocycles. The first kappa shape index (κ1) is 4.88. The van der Waals surface area contributed by atoms with Crippen molar-refractivity contribution in [3.63, 3.8) is 0 Å². The smallest absolute Gasteiger partial charge is 0.189 e. The fourth-order valence-corrected chi connectivity index (χ4v) is 1.46. The van der Waals surface area contributed by atoms with Crippen molar-refractivity contribution in [2.75, 3.05) is 19.6 Å². The molecule has 0 aromatic heterocycles. The maximum Gasteiger partial charge on any atom is 0.189 e. The first-order valence-corrected chi connectivity index (χ1v) is 4.56. The number of aliphatic imine (C=N–C) groups is 1. The lowest BCUT2D eigenvalue weighted by Crippen LogP contribution is -2.42. The van der Waals surface area contributed by atoms with E-state index in [2.05, 4.69) is 10.3 Å². The van der Waals surface area contributed by atoms with Crippen LogP contribution in [0.15, 0.2) is 29.2 Å². The topological polar surface area (TPSA) is 42.8 Å². The van der Waals surface area contributed by atoms with Crippen LogP contribution in [0.4, 0.5) is 0 Å². The van der Waals surface area contributed by atoms with Crippen LogP contribution in [0.5, 0.6) is 11.5 Å². The highest BCUT2D eigenvalue weighted by Crippen LogP contribution is 2.31. The lowest BCUT2D eigenvalue weighted by atomic mass is 10.2. The Morgan fingerprint density at radius 3 is 3.40 bits per heavy atom. The lowest BCUT2D eigenvalue weighted by Gasteiger charge is -2.26. The Kier molecular flexibility index (Phi) is 1.12. The molecule has 0 unspecified atom stereocenters. The summed E-state index contributed by atoms with van der Waals surface area (Å²) in [6, 6.07) is 4.95. The molecule has 3 rings (SSSR count). The molecule has 0 spiro atoms. The molecule has 0 amide bonds. The monoisotopic (exact) mass is 209 g/mol. The third kappa shape index (κ3) is 1.52. The fourth-order valence-electron chi connectivity index (χ4n) is 1.46. The summed E-state index contributed by atoms with van der Waals surface area (Å²) in [4.78, 5) is 3.70. The van der Waals surface area contributed by atoms with Gasteiger partial charge in [-0.3, -0.25) is 4.99 Å². The van der Waals surface area contributed by atoms with Gasteiger partial charge in [-0.25, -0.2) is 0 Å². The van der Waals surface area contributed by atoms with Crippen LogP contribution < -0.4 is 14.8 Å². The summed E-state index contributed by atoms with van der Waals surface area (Å²) in [6.07, 6.45) is -0.725. The lowest BCUT2D eigenvalue weighted by molar-refractivity contribution is 0.133. The summed E-state index contributed by atoms with van der Waals surface area (Å²) >= 11 is 0. The Balaban J connectivity index is 1.85. The molecule has 1 atom stereocenters. The largest absolute Gasteiger partial charge is 0.485 e. The van der Waals surface area contributed by atoms with Gasteiger partial charge in [0.2, 0.25) is 0 Å². The number of ether oxygens (including phenoxy) is 2. The molecule has 2 heterocycles. The molecule has 0 fully saturated rings. The zero-order valence-corrected chi connectivity index (χ0v) is 7.78. The van der Waals surface area contributed by atoms with Crippen LogP contribution in [0.1, 0.15) is 6.85 Å². The molecule has 0 bridgehead atoms. The second-order valence-electron chi connectivity index (χ2n) is 3.15. The SMILES string of the molecule is [2H]c1ccc2c(c1)O[C@@H](C1=NC([2H])([2H])C([2H])([2H])N1)CO2. The van der Waals surface area contributed by atoms with Crippen LogP contribution in [-0.2, 0) is 0 Å². The highest BCUT2D eigenvalue weighted by molar-refractivity contribution is 5.88. The van der Waals surface area contributed by atoms with Gasteiger partial charge in [-0.2, -0.15) is 0 Å². The normalized spacial score (nSPS) is 34.8. The van der Waals surface area contributed by atoms with E-state index in [1.807, 2.05) is 0 Å². The third-order valence-corrected chi connectivity index (χ3v) is 2.18. The van der Waals surface area contributed by atoms with Crippen LogP contribution in [-0.4, -0.2) is 31.5 Å². The van der Waals surface area contributed by atoms with Gasteiger partial charge in [0.15, 0.2) is 17.6 Å². The minimum Gasteiger partial charge on any atom is -0.485 e. The Labute approximate surface area is 94.9 Å². The second-order valence-corrected chi connectivity index (χ2v) is 3.15. The summed E-state index contributed by atoms with van der Waals surface area (Å²) < 4.78 is 48.8. The number of rotatable bonds is 1. The summed E-state index contributed by atoms with van der Waals surface area (Å²) in [6.45, 7) is -4.55. The molecule has 1 aromatic carbocycles. The standard InChI is InChI=1S/C11H12N2O2/c1-2-4-9-8(3-1)14-7-10(15-9)11-12-5-6-13-11/h1-4,10H,5-7H2,(H,12,13)/t10-/m1/s1/i2D,5D2,6D2. The summed E-state index contributed by atoms with van der Waals surface area (Å²) in [7, 11) is 0. The number of fused-ring (bicyclic) bond motifs is 1. The second kappa shape index (κ2) is 3.46. The van der Waals surface area contributed by atoms with E-state index in [0.29, 0.717) is 11.5 Å². The van der Waals surface area contributed by atoms with Crippen molar-refractivity contribution < 1.29 is 16.3 Å².